The highest BCUT2D eigenvalue weighted by Crippen LogP contribution is 2.34. The van der Waals surface area contributed by atoms with Crippen molar-refractivity contribution in [1.29, 1.82) is 0 Å². The lowest BCUT2D eigenvalue weighted by molar-refractivity contribution is 0.255. The third-order valence-electron chi connectivity index (χ3n) is 8.19. The molecule has 1 atom stereocenters. The maximum atomic E-state index is 14.4. The van der Waals surface area contributed by atoms with Gasteiger partial charge in [-0.15, -0.1) is 11.3 Å². The van der Waals surface area contributed by atoms with Gasteiger partial charge in [-0.1, -0.05) is 42.5 Å². The molecule has 2 aromatic heterocycles. The first-order chi connectivity index (χ1) is 20.3. The number of para-hydroxylation sites is 1. The number of phenolic OH excluding ortho intramolecular Hbond substituents is 1. The molecule has 1 aliphatic rings. The van der Waals surface area contributed by atoms with Gasteiger partial charge in [0.25, 0.3) is 5.56 Å². The first-order valence-electron chi connectivity index (χ1n) is 14.2. The number of hydrogen-bond acceptors (Lipinski definition) is 6. The maximum Gasteiger partial charge on any atom is 0.271 e. The highest BCUT2D eigenvalue weighted by molar-refractivity contribution is 7.21. The van der Waals surface area contributed by atoms with Crippen LogP contribution in [0.15, 0.2) is 88.8 Å². The molecule has 0 bridgehead atoms. The number of nitrogens with zero attached hydrogens (tertiary/aromatic N) is 4. The van der Waals surface area contributed by atoms with E-state index in [0.29, 0.717) is 21.8 Å². The van der Waals surface area contributed by atoms with Crippen molar-refractivity contribution in [2.45, 2.75) is 38.6 Å². The number of benzene rings is 3. The van der Waals surface area contributed by atoms with Crippen molar-refractivity contribution in [3.8, 4) is 16.3 Å². The Hall–Kier alpha value is -4.14. The number of aromatic hydroxyl groups is 1. The van der Waals surface area contributed by atoms with Crippen LogP contribution in [0.1, 0.15) is 48.4 Å². The van der Waals surface area contributed by atoms with Crippen molar-refractivity contribution in [2.75, 3.05) is 20.1 Å². The molecule has 42 heavy (non-hydrogen) atoms. The standard InChI is InChI=1S/C34H33FN4O2S/c1-21-6-4-5-7-28(21)36-22(2)31(27-20-26(35)12-13-30(27)40)39-19-16-29-32(34(39)41)42-33(37-29)25-10-8-23(9-11-25)24-14-17-38(3)18-15-24/h4-13,16,19-20,24,31,40H,14-15,17-18H2,1-3H3. The lowest BCUT2D eigenvalue weighted by Gasteiger charge is -2.29. The number of aromatic nitrogens is 2. The Kier molecular flexibility index (Phi) is 7.75. The van der Waals surface area contributed by atoms with Gasteiger partial charge < -0.3 is 14.6 Å². The van der Waals surface area contributed by atoms with Gasteiger partial charge in [-0.25, -0.2) is 9.37 Å². The Bertz CT molecular complexity index is 1840. The number of fused-ring (bicyclic) bond motifs is 1. The highest BCUT2D eigenvalue weighted by atomic mass is 32.1. The van der Waals surface area contributed by atoms with Crippen molar-refractivity contribution < 1.29 is 9.50 Å². The lowest BCUT2D eigenvalue weighted by Crippen LogP contribution is -2.29. The molecule has 1 saturated heterocycles. The Morgan fingerprint density at radius 3 is 2.55 bits per heavy atom. The molecule has 3 aromatic carbocycles. The summed E-state index contributed by atoms with van der Waals surface area (Å²) in [6.45, 7) is 5.97. The number of hydrogen-bond donors (Lipinski definition) is 1. The molecule has 0 saturated carbocycles. The minimum Gasteiger partial charge on any atom is -0.508 e. The molecule has 0 aliphatic carbocycles. The summed E-state index contributed by atoms with van der Waals surface area (Å²) < 4.78 is 16.4. The fourth-order valence-electron chi connectivity index (χ4n) is 5.76. The summed E-state index contributed by atoms with van der Waals surface area (Å²) in [6, 6.07) is 21.0. The van der Waals surface area contributed by atoms with Crippen molar-refractivity contribution in [2.24, 2.45) is 4.99 Å². The van der Waals surface area contributed by atoms with E-state index in [1.807, 2.05) is 31.2 Å². The summed E-state index contributed by atoms with van der Waals surface area (Å²) in [6.07, 6.45) is 3.97. The van der Waals surface area contributed by atoms with Crippen molar-refractivity contribution in [3.05, 3.63) is 112 Å². The average molecular weight is 581 g/mol. The third-order valence-corrected chi connectivity index (χ3v) is 9.30. The second kappa shape index (κ2) is 11.6. The van der Waals surface area contributed by atoms with Crippen LogP contribution in [0.5, 0.6) is 5.75 Å². The van der Waals surface area contributed by atoms with Gasteiger partial charge in [0.1, 0.15) is 27.3 Å². The topological polar surface area (TPSA) is 70.7 Å². The monoisotopic (exact) mass is 580 g/mol. The smallest absolute Gasteiger partial charge is 0.271 e. The lowest BCUT2D eigenvalue weighted by atomic mass is 9.89. The van der Waals surface area contributed by atoms with Gasteiger partial charge in [-0.2, -0.15) is 0 Å². The third kappa shape index (κ3) is 5.52. The van der Waals surface area contributed by atoms with E-state index in [9.17, 15) is 14.3 Å². The molecule has 1 N–H and O–H groups in total. The second-order valence-corrected chi connectivity index (χ2v) is 12.1. The highest BCUT2D eigenvalue weighted by Gasteiger charge is 2.25. The van der Waals surface area contributed by atoms with E-state index in [1.165, 1.54) is 39.7 Å². The quantitative estimate of drug-likeness (QED) is 0.212. The summed E-state index contributed by atoms with van der Waals surface area (Å²) >= 11 is 1.34. The number of aryl methyl sites for hydroxylation is 1. The van der Waals surface area contributed by atoms with E-state index in [-0.39, 0.29) is 16.9 Å². The zero-order chi connectivity index (χ0) is 29.4. The van der Waals surface area contributed by atoms with Crippen LogP contribution >= 0.6 is 11.3 Å². The van der Waals surface area contributed by atoms with Gasteiger partial charge in [0.05, 0.1) is 11.2 Å². The molecule has 1 unspecified atom stereocenters. The molecule has 8 heteroatoms. The molecular weight excluding hydrogens is 547 g/mol. The first kappa shape index (κ1) is 28.0. The van der Waals surface area contributed by atoms with E-state index in [0.717, 1.165) is 47.8 Å². The summed E-state index contributed by atoms with van der Waals surface area (Å²) in [5, 5.41) is 11.5. The normalized spacial score (nSPS) is 15.8. The van der Waals surface area contributed by atoms with E-state index >= 15 is 0 Å². The number of phenols is 1. The first-order valence-corrected chi connectivity index (χ1v) is 15.0. The van der Waals surface area contributed by atoms with E-state index in [4.69, 9.17) is 9.98 Å². The van der Waals surface area contributed by atoms with Crippen molar-refractivity contribution in [1.82, 2.24) is 14.5 Å². The van der Waals surface area contributed by atoms with Gasteiger partial charge in [0.15, 0.2) is 0 Å². The Labute approximate surface area is 248 Å². The molecular formula is C34H33FN4O2S. The van der Waals surface area contributed by atoms with Gasteiger partial charge >= 0.3 is 0 Å². The fourth-order valence-corrected chi connectivity index (χ4v) is 6.76. The van der Waals surface area contributed by atoms with Crippen LogP contribution in [0.2, 0.25) is 0 Å². The molecule has 6 nitrogen and oxygen atoms in total. The van der Waals surface area contributed by atoms with Crippen molar-refractivity contribution >= 4 is 33.0 Å². The van der Waals surface area contributed by atoms with Crippen molar-refractivity contribution in [3.63, 3.8) is 0 Å². The van der Waals surface area contributed by atoms with Crippen LogP contribution in [0.3, 0.4) is 0 Å². The predicted octanol–water partition coefficient (Wildman–Crippen LogP) is 7.47. The number of likely N-dealkylation sites (tertiary alicyclic amines) is 1. The Morgan fingerprint density at radius 2 is 1.81 bits per heavy atom. The number of thiazole rings is 1. The summed E-state index contributed by atoms with van der Waals surface area (Å²) in [5.74, 6) is -0.0459. The number of halogens is 1. The Morgan fingerprint density at radius 1 is 1.07 bits per heavy atom. The summed E-state index contributed by atoms with van der Waals surface area (Å²) in [4.78, 5) is 26.0. The number of pyridine rings is 1. The Balaban J connectivity index is 1.40. The zero-order valence-electron chi connectivity index (χ0n) is 23.9. The predicted molar refractivity (Wildman–Crippen MR) is 169 cm³/mol. The maximum absolute atomic E-state index is 14.4. The summed E-state index contributed by atoms with van der Waals surface area (Å²) in [7, 11) is 2.17. The number of piperidine rings is 1. The molecule has 5 aromatic rings. The van der Waals surface area contributed by atoms with E-state index in [1.54, 1.807) is 19.2 Å². The van der Waals surface area contributed by atoms with Gasteiger partial charge in [0, 0.05) is 23.0 Å². The molecule has 0 radical (unpaired) electrons. The van der Waals surface area contributed by atoms with E-state index < -0.39 is 11.9 Å². The van der Waals surface area contributed by atoms with Crippen LogP contribution < -0.4 is 5.56 Å². The van der Waals surface area contributed by atoms with Gasteiger partial charge in [-0.05, 0) is 94.2 Å². The zero-order valence-corrected chi connectivity index (χ0v) is 24.7. The average Bonchev–Trinajstić information content (AvgIpc) is 3.43. The molecule has 0 spiro atoms. The minimum atomic E-state index is -0.823. The second-order valence-electron chi connectivity index (χ2n) is 11.1. The van der Waals surface area contributed by atoms with E-state index in [2.05, 4.69) is 36.2 Å². The minimum absolute atomic E-state index is 0.109. The van der Waals surface area contributed by atoms with Crippen LogP contribution in [0.25, 0.3) is 20.8 Å². The molecule has 3 heterocycles. The van der Waals surface area contributed by atoms with Crippen LogP contribution in [-0.4, -0.2) is 45.4 Å². The molecule has 214 valence electrons. The van der Waals surface area contributed by atoms with Crippen LogP contribution in [-0.2, 0) is 0 Å². The van der Waals surface area contributed by atoms with Crippen LogP contribution in [0.4, 0.5) is 10.1 Å². The van der Waals surface area contributed by atoms with Gasteiger partial charge in [-0.3, -0.25) is 9.79 Å². The number of rotatable bonds is 6. The number of aliphatic imine (C=N–C) groups is 1. The molecule has 1 fully saturated rings. The molecule has 0 amide bonds. The SMILES string of the molecule is CC(=Nc1ccccc1C)C(c1cc(F)ccc1O)n1ccc2nc(-c3ccc(C4CCN(C)CC4)cc3)sc2c1=O. The molecule has 1 aliphatic heterocycles. The molecule has 6 rings (SSSR count). The summed E-state index contributed by atoms with van der Waals surface area (Å²) in [5.41, 5.74) is 5.16. The largest absolute Gasteiger partial charge is 0.508 e. The van der Waals surface area contributed by atoms with Gasteiger partial charge in [0.2, 0.25) is 0 Å². The van der Waals surface area contributed by atoms with Crippen LogP contribution in [0, 0.1) is 12.7 Å². The fraction of sp³-hybridized carbons (Fsp3) is 0.265.